The fourth-order valence-corrected chi connectivity index (χ4v) is 4.09. The van der Waals surface area contributed by atoms with Crippen LogP contribution in [-0.2, 0) is 9.53 Å². The molecule has 1 heterocycles. The van der Waals surface area contributed by atoms with E-state index in [2.05, 4.69) is 17.1 Å². The van der Waals surface area contributed by atoms with Crippen molar-refractivity contribution in [2.45, 2.75) is 37.1 Å². The van der Waals surface area contributed by atoms with Crippen LogP contribution in [0, 0.1) is 0 Å². The monoisotopic (exact) mass is 411 g/mol. The van der Waals surface area contributed by atoms with Gasteiger partial charge in [0.15, 0.2) is 11.0 Å². The van der Waals surface area contributed by atoms with Crippen LogP contribution in [0.3, 0.4) is 0 Å². The van der Waals surface area contributed by atoms with Crippen molar-refractivity contribution in [3.63, 3.8) is 0 Å². The van der Waals surface area contributed by atoms with Crippen molar-refractivity contribution in [2.75, 3.05) is 13.7 Å². The molecule has 0 spiro atoms. The molecule has 7 heteroatoms. The van der Waals surface area contributed by atoms with Crippen LogP contribution in [0.4, 0.5) is 0 Å². The van der Waals surface area contributed by atoms with E-state index in [9.17, 15) is 4.79 Å². The summed E-state index contributed by atoms with van der Waals surface area (Å²) < 4.78 is 12.5. The third-order valence-corrected chi connectivity index (χ3v) is 5.53. The molecule has 0 radical (unpaired) electrons. The minimum atomic E-state index is -0.324. The van der Waals surface area contributed by atoms with Crippen molar-refractivity contribution in [1.82, 2.24) is 14.8 Å². The first-order chi connectivity index (χ1) is 14.2. The number of hydrogen-bond acceptors (Lipinski definition) is 6. The molecule has 2 aromatic carbocycles. The molecule has 152 valence electrons. The summed E-state index contributed by atoms with van der Waals surface area (Å²) in [5.41, 5.74) is 1.85. The van der Waals surface area contributed by atoms with Crippen molar-refractivity contribution in [1.29, 1.82) is 0 Å². The standard InChI is InChI=1S/C22H25N3O3S/c1-4-9-19(21(26)28-5-2)29-22-24-23-20(16-12-14-18(27-3)15-13-16)25(22)17-10-7-6-8-11-17/h6-8,10-15,19H,4-5,9H2,1-3H3. The van der Waals surface area contributed by atoms with E-state index in [4.69, 9.17) is 9.47 Å². The highest BCUT2D eigenvalue weighted by atomic mass is 32.2. The number of rotatable bonds is 9. The van der Waals surface area contributed by atoms with E-state index in [1.54, 1.807) is 7.11 Å². The second-order valence-electron chi connectivity index (χ2n) is 6.35. The smallest absolute Gasteiger partial charge is 0.319 e. The molecule has 0 aliphatic heterocycles. The summed E-state index contributed by atoms with van der Waals surface area (Å²) >= 11 is 1.40. The molecular weight excluding hydrogens is 386 g/mol. The summed E-state index contributed by atoms with van der Waals surface area (Å²) in [6.07, 6.45) is 1.59. The number of esters is 1. The summed E-state index contributed by atoms with van der Waals surface area (Å²) in [5, 5.41) is 9.19. The molecule has 29 heavy (non-hydrogen) atoms. The van der Waals surface area contributed by atoms with Gasteiger partial charge in [0.1, 0.15) is 11.0 Å². The van der Waals surface area contributed by atoms with Crippen molar-refractivity contribution >= 4 is 17.7 Å². The van der Waals surface area contributed by atoms with Gasteiger partial charge < -0.3 is 9.47 Å². The van der Waals surface area contributed by atoms with Crippen molar-refractivity contribution in [3.05, 3.63) is 54.6 Å². The van der Waals surface area contributed by atoms with Crippen LogP contribution in [0.15, 0.2) is 59.8 Å². The predicted octanol–water partition coefficient (Wildman–Crippen LogP) is 4.77. The molecule has 0 saturated heterocycles. The minimum absolute atomic E-state index is 0.215. The molecule has 0 saturated carbocycles. The Morgan fingerprint density at radius 1 is 1.07 bits per heavy atom. The summed E-state index contributed by atoms with van der Waals surface area (Å²) in [6, 6.07) is 17.6. The number of benzene rings is 2. The molecule has 0 N–H and O–H groups in total. The first-order valence-electron chi connectivity index (χ1n) is 9.66. The molecule has 0 amide bonds. The number of ether oxygens (including phenoxy) is 2. The Morgan fingerprint density at radius 3 is 2.41 bits per heavy atom. The predicted molar refractivity (Wildman–Crippen MR) is 115 cm³/mol. The number of carbonyl (C=O) groups excluding carboxylic acids is 1. The molecule has 3 rings (SSSR count). The van der Waals surface area contributed by atoms with Gasteiger partial charge in [-0.05, 0) is 49.7 Å². The van der Waals surface area contributed by atoms with Gasteiger partial charge in [-0.1, -0.05) is 43.3 Å². The van der Waals surface area contributed by atoms with Gasteiger partial charge in [0.05, 0.1) is 13.7 Å². The summed E-state index contributed by atoms with van der Waals surface area (Å²) in [4.78, 5) is 12.4. The Balaban J connectivity index is 2.03. The number of thioether (sulfide) groups is 1. The largest absolute Gasteiger partial charge is 0.497 e. The zero-order valence-corrected chi connectivity index (χ0v) is 17.7. The van der Waals surface area contributed by atoms with Gasteiger partial charge in [-0.15, -0.1) is 10.2 Å². The van der Waals surface area contributed by atoms with Crippen LogP contribution in [0.1, 0.15) is 26.7 Å². The molecular formula is C22H25N3O3S. The quantitative estimate of drug-likeness (QED) is 0.373. The maximum atomic E-state index is 12.4. The van der Waals surface area contributed by atoms with Crippen LogP contribution in [-0.4, -0.2) is 39.7 Å². The zero-order chi connectivity index (χ0) is 20.6. The number of methoxy groups -OCH3 is 1. The third-order valence-electron chi connectivity index (χ3n) is 4.34. The summed E-state index contributed by atoms with van der Waals surface area (Å²) in [5.74, 6) is 1.27. The highest BCUT2D eigenvalue weighted by Gasteiger charge is 2.25. The molecule has 1 aromatic heterocycles. The van der Waals surface area contributed by atoms with E-state index in [1.165, 1.54) is 11.8 Å². The fourth-order valence-electron chi connectivity index (χ4n) is 2.93. The Hall–Kier alpha value is -2.80. The number of carbonyl (C=O) groups is 1. The molecule has 1 unspecified atom stereocenters. The second kappa shape index (κ2) is 10.1. The normalized spacial score (nSPS) is 11.8. The average molecular weight is 412 g/mol. The molecule has 3 aromatic rings. The Labute approximate surface area is 175 Å². The number of aromatic nitrogens is 3. The lowest BCUT2D eigenvalue weighted by atomic mass is 10.2. The van der Waals surface area contributed by atoms with Crippen LogP contribution < -0.4 is 4.74 Å². The molecule has 0 aliphatic carbocycles. The maximum absolute atomic E-state index is 12.4. The first-order valence-corrected chi connectivity index (χ1v) is 10.5. The maximum Gasteiger partial charge on any atom is 0.319 e. The Bertz CT molecular complexity index is 926. The second-order valence-corrected chi connectivity index (χ2v) is 7.52. The molecule has 0 bridgehead atoms. The van der Waals surface area contributed by atoms with E-state index in [1.807, 2.05) is 66.1 Å². The van der Waals surface area contributed by atoms with E-state index in [0.717, 1.165) is 23.4 Å². The van der Waals surface area contributed by atoms with Crippen molar-refractivity contribution in [2.24, 2.45) is 0 Å². The lowest BCUT2D eigenvalue weighted by molar-refractivity contribution is -0.142. The third kappa shape index (κ3) is 4.98. The van der Waals surface area contributed by atoms with Crippen LogP contribution >= 0.6 is 11.8 Å². The molecule has 1 atom stereocenters. The van der Waals surface area contributed by atoms with Crippen molar-refractivity contribution in [3.8, 4) is 22.8 Å². The van der Waals surface area contributed by atoms with Crippen molar-refractivity contribution < 1.29 is 14.3 Å². The average Bonchev–Trinajstić information content (AvgIpc) is 3.18. The molecule has 0 fully saturated rings. The van der Waals surface area contributed by atoms with E-state index in [-0.39, 0.29) is 11.2 Å². The number of nitrogens with zero attached hydrogens (tertiary/aromatic N) is 3. The SMILES string of the molecule is CCCC(Sc1nnc(-c2ccc(OC)cc2)n1-c1ccccc1)C(=O)OCC. The lowest BCUT2D eigenvalue weighted by Gasteiger charge is -2.15. The van der Waals surface area contributed by atoms with Crippen LogP contribution in [0.5, 0.6) is 5.75 Å². The van der Waals surface area contributed by atoms with Gasteiger partial charge in [-0.3, -0.25) is 9.36 Å². The molecule has 6 nitrogen and oxygen atoms in total. The van der Waals surface area contributed by atoms with Crippen LogP contribution in [0.2, 0.25) is 0 Å². The van der Waals surface area contributed by atoms with Gasteiger partial charge in [0, 0.05) is 11.3 Å². The topological polar surface area (TPSA) is 66.2 Å². The highest BCUT2D eigenvalue weighted by Crippen LogP contribution is 2.32. The van der Waals surface area contributed by atoms with E-state index < -0.39 is 0 Å². The Kier molecular flexibility index (Phi) is 7.30. The highest BCUT2D eigenvalue weighted by molar-refractivity contribution is 8.00. The van der Waals surface area contributed by atoms with Gasteiger partial charge in [-0.2, -0.15) is 0 Å². The van der Waals surface area contributed by atoms with Crippen LogP contribution in [0.25, 0.3) is 17.1 Å². The van der Waals surface area contributed by atoms with E-state index in [0.29, 0.717) is 24.0 Å². The number of para-hydroxylation sites is 1. The van der Waals surface area contributed by atoms with Gasteiger partial charge in [0.25, 0.3) is 0 Å². The molecule has 0 aliphatic rings. The Morgan fingerprint density at radius 2 is 1.79 bits per heavy atom. The van der Waals surface area contributed by atoms with Gasteiger partial charge >= 0.3 is 5.97 Å². The first kappa shape index (κ1) is 20.9. The van der Waals surface area contributed by atoms with E-state index >= 15 is 0 Å². The zero-order valence-electron chi connectivity index (χ0n) is 16.9. The number of hydrogen-bond donors (Lipinski definition) is 0. The lowest BCUT2D eigenvalue weighted by Crippen LogP contribution is -2.20. The summed E-state index contributed by atoms with van der Waals surface area (Å²) in [7, 11) is 1.64. The van der Waals surface area contributed by atoms with Gasteiger partial charge in [0.2, 0.25) is 0 Å². The van der Waals surface area contributed by atoms with Gasteiger partial charge in [-0.25, -0.2) is 0 Å². The fraction of sp³-hybridized carbons (Fsp3) is 0.318. The summed E-state index contributed by atoms with van der Waals surface area (Å²) in [6.45, 7) is 4.24. The minimum Gasteiger partial charge on any atom is -0.497 e.